The Morgan fingerprint density at radius 2 is 1.68 bits per heavy atom. The fourth-order valence-electron chi connectivity index (χ4n) is 3.19. The Morgan fingerprint density at radius 1 is 1.00 bits per heavy atom. The van der Waals surface area contributed by atoms with E-state index < -0.39 is 0 Å². The number of aromatic nitrogens is 2. The number of amides is 1. The summed E-state index contributed by atoms with van der Waals surface area (Å²) in [5.74, 6) is 0.347. The van der Waals surface area contributed by atoms with E-state index in [-0.39, 0.29) is 5.91 Å². The monoisotopic (exact) mass is 338 g/mol. The standard InChI is InChI=1S/C20H26N4O/c1-14-9-11-17(12-10-14)22-19(25)18-13-15(2)21-20(24-18)23-16-7-5-3-4-6-8-16/h9-13,16H,3-8H2,1-2H3,(H,22,25)(H,21,23,24). The van der Waals surface area contributed by atoms with Crippen LogP contribution in [-0.2, 0) is 0 Å². The van der Waals surface area contributed by atoms with Gasteiger partial charge in [-0.2, -0.15) is 0 Å². The van der Waals surface area contributed by atoms with Crippen molar-refractivity contribution < 1.29 is 4.79 Å². The smallest absolute Gasteiger partial charge is 0.274 e. The predicted molar refractivity (Wildman–Crippen MR) is 101 cm³/mol. The van der Waals surface area contributed by atoms with Gasteiger partial charge in [0.05, 0.1) is 0 Å². The Labute approximate surface area is 149 Å². The zero-order valence-electron chi connectivity index (χ0n) is 15.0. The maximum atomic E-state index is 12.5. The van der Waals surface area contributed by atoms with Gasteiger partial charge in [0.25, 0.3) is 5.91 Å². The Morgan fingerprint density at radius 3 is 2.36 bits per heavy atom. The van der Waals surface area contributed by atoms with E-state index in [1.54, 1.807) is 6.07 Å². The van der Waals surface area contributed by atoms with Crippen LogP contribution in [-0.4, -0.2) is 21.9 Å². The molecule has 1 aliphatic carbocycles. The first-order valence-electron chi connectivity index (χ1n) is 9.10. The summed E-state index contributed by atoms with van der Waals surface area (Å²) in [7, 11) is 0. The normalized spacial score (nSPS) is 15.4. The lowest BCUT2D eigenvalue weighted by Gasteiger charge is -2.17. The van der Waals surface area contributed by atoms with E-state index in [0.717, 1.165) is 29.8 Å². The molecule has 0 bridgehead atoms. The third-order valence-electron chi connectivity index (χ3n) is 4.58. The molecule has 25 heavy (non-hydrogen) atoms. The molecule has 1 heterocycles. The van der Waals surface area contributed by atoms with Crippen LogP contribution in [0.3, 0.4) is 0 Å². The van der Waals surface area contributed by atoms with Crippen molar-refractivity contribution in [2.75, 3.05) is 10.6 Å². The molecule has 1 saturated carbocycles. The van der Waals surface area contributed by atoms with Gasteiger partial charge in [-0.15, -0.1) is 0 Å². The van der Waals surface area contributed by atoms with Gasteiger partial charge in [0, 0.05) is 17.4 Å². The summed E-state index contributed by atoms with van der Waals surface area (Å²) in [4.78, 5) is 21.4. The molecule has 0 atom stereocenters. The van der Waals surface area contributed by atoms with Gasteiger partial charge in [-0.1, -0.05) is 43.4 Å². The van der Waals surface area contributed by atoms with Crippen LogP contribution in [0.5, 0.6) is 0 Å². The van der Waals surface area contributed by atoms with Crippen LogP contribution >= 0.6 is 0 Å². The van der Waals surface area contributed by atoms with Crippen LogP contribution in [0, 0.1) is 13.8 Å². The number of aryl methyl sites for hydroxylation is 2. The highest BCUT2D eigenvalue weighted by molar-refractivity contribution is 6.03. The van der Waals surface area contributed by atoms with Gasteiger partial charge in [-0.3, -0.25) is 4.79 Å². The maximum absolute atomic E-state index is 12.5. The van der Waals surface area contributed by atoms with Crippen molar-refractivity contribution >= 4 is 17.5 Å². The highest BCUT2D eigenvalue weighted by atomic mass is 16.1. The fraction of sp³-hybridized carbons (Fsp3) is 0.450. The van der Waals surface area contributed by atoms with E-state index in [1.807, 2.05) is 38.1 Å². The minimum absolute atomic E-state index is 0.210. The molecule has 2 N–H and O–H groups in total. The van der Waals surface area contributed by atoms with Crippen molar-refractivity contribution in [3.8, 4) is 0 Å². The minimum Gasteiger partial charge on any atom is -0.351 e. The Bertz CT molecular complexity index is 719. The second-order valence-corrected chi connectivity index (χ2v) is 6.87. The number of benzene rings is 1. The van der Waals surface area contributed by atoms with Crippen molar-refractivity contribution in [1.29, 1.82) is 0 Å². The van der Waals surface area contributed by atoms with E-state index in [9.17, 15) is 4.79 Å². The molecular weight excluding hydrogens is 312 g/mol. The molecule has 5 nitrogen and oxygen atoms in total. The molecule has 1 aromatic carbocycles. The van der Waals surface area contributed by atoms with Gasteiger partial charge in [0.1, 0.15) is 5.69 Å². The maximum Gasteiger partial charge on any atom is 0.274 e. The van der Waals surface area contributed by atoms with E-state index in [1.165, 1.54) is 25.7 Å². The molecule has 132 valence electrons. The second kappa shape index (κ2) is 8.10. The number of nitrogens with zero attached hydrogens (tertiary/aromatic N) is 2. The topological polar surface area (TPSA) is 66.9 Å². The molecule has 1 aliphatic rings. The average molecular weight is 338 g/mol. The first-order valence-corrected chi connectivity index (χ1v) is 9.10. The molecule has 1 fully saturated rings. The molecule has 0 saturated heterocycles. The first kappa shape index (κ1) is 17.4. The molecule has 5 heteroatoms. The van der Waals surface area contributed by atoms with E-state index in [4.69, 9.17) is 0 Å². The Balaban J connectivity index is 1.71. The zero-order valence-corrected chi connectivity index (χ0v) is 15.0. The minimum atomic E-state index is -0.210. The van der Waals surface area contributed by atoms with Crippen LogP contribution in [0.1, 0.15) is 60.3 Å². The van der Waals surface area contributed by atoms with E-state index in [0.29, 0.717) is 17.7 Å². The van der Waals surface area contributed by atoms with Crippen molar-refractivity contribution in [3.05, 3.63) is 47.3 Å². The van der Waals surface area contributed by atoms with Crippen LogP contribution in [0.15, 0.2) is 30.3 Å². The number of rotatable bonds is 4. The number of nitrogens with one attached hydrogen (secondary N) is 2. The molecule has 1 amide bonds. The SMILES string of the molecule is Cc1ccc(NC(=O)c2cc(C)nc(NC3CCCCCC3)n2)cc1. The van der Waals surface area contributed by atoms with E-state index >= 15 is 0 Å². The summed E-state index contributed by atoms with van der Waals surface area (Å²) >= 11 is 0. The van der Waals surface area contributed by atoms with Crippen molar-refractivity contribution in [2.45, 2.75) is 58.4 Å². The lowest BCUT2D eigenvalue weighted by Crippen LogP contribution is -2.22. The van der Waals surface area contributed by atoms with Crippen molar-refractivity contribution in [3.63, 3.8) is 0 Å². The van der Waals surface area contributed by atoms with Crippen LogP contribution in [0.2, 0.25) is 0 Å². The third kappa shape index (κ3) is 5.02. The summed E-state index contributed by atoms with van der Waals surface area (Å²) in [6.45, 7) is 3.91. The quantitative estimate of drug-likeness (QED) is 0.807. The number of carbonyl (C=O) groups is 1. The highest BCUT2D eigenvalue weighted by Gasteiger charge is 2.15. The third-order valence-corrected chi connectivity index (χ3v) is 4.58. The summed E-state index contributed by atoms with van der Waals surface area (Å²) in [6, 6.07) is 9.86. The molecule has 0 unspecified atom stereocenters. The largest absolute Gasteiger partial charge is 0.351 e. The lowest BCUT2D eigenvalue weighted by molar-refractivity contribution is 0.102. The highest BCUT2D eigenvalue weighted by Crippen LogP contribution is 2.20. The molecule has 0 aliphatic heterocycles. The van der Waals surface area contributed by atoms with Gasteiger partial charge in [-0.25, -0.2) is 9.97 Å². The average Bonchev–Trinajstić information content (AvgIpc) is 2.85. The molecule has 1 aromatic heterocycles. The van der Waals surface area contributed by atoms with Crippen LogP contribution < -0.4 is 10.6 Å². The fourth-order valence-corrected chi connectivity index (χ4v) is 3.19. The molecule has 2 aromatic rings. The molecular formula is C20H26N4O. The number of carbonyl (C=O) groups excluding carboxylic acids is 1. The van der Waals surface area contributed by atoms with Crippen LogP contribution in [0.25, 0.3) is 0 Å². The first-order chi connectivity index (χ1) is 12.1. The van der Waals surface area contributed by atoms with Gasteiger partial charge in [-0.05, 0) is 44.9 Å². The molecule has 3 rings (SSSR count). The zero-order chi connectivity index (χ0) is 17.6. The Kier molecular flexibility index (Phi) is 5.64. The summed E-state index contributed by atoms with van der Waals surface area (Å²) in [6.07, 6.45) is 7.37. The summed E-state index contributed by atoms with van der Waals surface area (Å²) in [5.41, 5.74) is 3.11. The van der Waals surface area contributed by atoms with Gasteiger partial charge in [0.15, 0.2) is 0 Å². The van der Waals surface area contributed by atoms with E-state index in [2.05, 4.69) is 20.6 Å². The number of hydrogen-bond donors (Lipinski definition) is 2. The number of anilines is 2. The Hall–Kier alpha value is -2.43. The predicted octanol–water partition coefficient (Wildman–Crippen LogP) is 4.48. The van der Waals surface area contributed by atoms with Crippen LogP contribution in [0.4, 0.5) is 11.6 Å². The van der Waals surface area contributed by atoms with Gasteiger partial charge in [0.2, 0.25) is 5.95 Å². The molecule has 0 spiro atoms. The number of hydrogen-bond acceptors (Lipinski definition) is 4. The van der Waals surface area contributed by atoms with Gasteiger partial charge >= 0.3 is 0 Å². The molecule has 0 radical (unpaired) electrons. The van der Waals surface area contributed by atoms with Gasteiger partial charge < -0.3 is 10.6 Å². The summed E-state index contributed by atoms with van der Waals surface area (Å²) < 4.78 is 0. The van der Waals surface area contributed by atoms with Crippen molar-refractivity contribution in [1.82, 2.24) is 9.97 Å². The second-order valence-electron chi connectivity index (χ2n) is 6.87. The summed E-state index contributed by atoms with van der Waals surface area (Å²) in [5, 5.41) is 6.32. The lowest BCUT2D eigenvalue weighted by atomic mass is 10.1. The van der Waals surface area contributed by atoms with Crippen molar-refractivity contribution in [2.24, 2.45) is 0 Å².